The molecule has 2 atom stereocenters. The maximum absolute atomic E-state index is 12.1. The quantitative estimate of drug-likeness (QED) is 0.799. The minimum atomic E-state index is -1.18. The summed E-state index contributed by atoms with van der Waals surface area (Å²) in [4.78, 5) is 12.1. The van der Waals surface area contributed by atoms with Gasteiger partial charge >= 0.3 is 0 Å². The first-order valence-electron chi connectivity index (χ1n) is 5.44. The van der Waals surface area contributed by atoms with Crippen molar-refractivity contribution < 1.29 is 9.00 Å². The zero-order valence-electron chi connectivity index (χ0n) is 10.5. The lowest BCUT2D eigenvalue weighted by Crippen LogP contribution is -2.34. The van der Waals surface area contributed by atoms with E-state index >= 15 is 0 Å². The van der Waals surface area contributed by atoms with Gasteiger partial charge in [0, 0.05) is 25.6 Å². The SMILES string of the molecule is CC(C(=O)c1ccc(Br)cc1)S(=O)C(C)(C)C. The molecule has 0 fully saturated rings. The summed E-state index contributed by atoms with van der Waals surface area (Å²) in [6, 6.07) is 7.14. The summed E-state index contributed by atoms with van der Waals surface area (Å²) >= 11 is 3.32. The zero-order chi connectivity index (χ0) is 13.2. The largest absolute Gasteiger partial charge is 0.293 e. The molecule has 0 bridgehead atoms. The average Bonchev–Trinajstić information content (AvgIpc) is 2.26. The monoisotopic (exact) mass is 316 g/mol. The van der Waals surface area contributed by atoms with Gasteiger partial charge in [0.05, 0.1) is 5.25 Å². The normalized spacial score (nSPS) is 15.4. The molecule has 1 rings (SSSR count). The molecule has 94 valence electrons. The highest BCUT2D eigenvalue weighted by atomic mass is 79.9. The van der Waals surface area contributed by atoms with Gasteiger partial charge in [0.1, 0.15) is 0 Å². The summed E-state index contributed by atoms with van der Waals surface area (Å²) in [7, 11) is -1.18. The first kappa shape index (κ1) is 14.6. The van der Waals surface area contributed by atoms with Crippen LogP contribution in [0.1, 0.15) is 38.1 Å². The van der Waals surface area contributed by atoms with E-state index in [1.807, 2.05) is 32.9 Å². The third kappa shape index (κ3) is 3.75. The smallest absolute Gasteiger partial charge is 0.178 e. The van der Waals surface area contributed by atoms with Gasteiger partial charge in [-0.15, -0.1) is 0 Å². The number of rotatable bonds is 3. The Morgan fingerprint density at radius 1 is 1.24 bits per heavy atom. The van der Waals surface area contributed by atoms with Crippen molar-refractivity contribution in [2.75, 3.05) is 0 Å². The van der Waals surface area contributed by atoms with Crippen molar-refractivity contribution in [3.8, 4) is 0 Å². The minimum Gasteiger partial charge on any atom is -0.293 e. The van der Waals surface area contributed by atoms with Crippen molar-refractivity contribution in [1.29, 1.82) is 0 Å². The van der Waals surface area contributed by atoms with Gasteiger partial charge in [0.25, 0.3) is 0 Å². The van der Waals surface area contributed by atoms with Gasteiger partial charge in [-0.3, -0.25) is 9.00 Å². The number of hydrogen-bond donors (Lipinski definition) is 0. The number of ketones is 1. The Kier molecular flexibility index (Phi) is 4.67. The van der Waals surface area contributed by atoms with E-state index < -0.39 is 16.0 Å². The molecular formula is C13H17BrO2S. The van der Waals surface area contributed by atoms with Gasteiger partial charge in [-0.2, -0.15) is 0 Å². The van der Waals surface area contributed by atoms with Crippen molar-refractivity contribution in [1.82, 2.24) is 0 Å². The molecule has 0 heterocycles. The molecule has 0 aliphatic rings. The van der Waals surface area contributed by atoms with Crippen LogP contribution in [-0.2, 0) is 10.8 Å². The predicted octanol–water partition coefficient (Wildman–Crippen LogP) is 3.57. The number of hydrogen-bond acceptors (Lipinski definition) is 2. The van der Waals surface area contributed by atoms with Crippen LogP contribution in [0.2, 0.25) is 0 Å². The lowest BCUT2D eigenvalue weighted by atomic mass is 10.1. The Morgan fingerprint density at radius 2 is 1.71 bits per heavy atom. The van der Waals surface area contributed by atoms with Crippen molar-refractivity contribution in [3.63, 3.8) is 0 Å². The van der Waals surface area contributed by atoms with Crippen LogP contribution in [0.5, 0.6) is 0 Å². The summed E-state index contributed by atoms with van der Waals surface area (Å²) in [6.45, 7) is 7.38. The van der Waals surface area contributed by atoms with E-state index in [2.05, 4.69) is 15.9 Å². The molecule has 2 unspecified atom stereocenters. The average molecular weight is 317 g/mol. The number of halogens is 1. The first-order chi connectivity index (χ1) is 7.73. The fraction of sp³-hybridized carbons (Fsp3) is 0.462. The zero-order valence-corrected chi connectivity index (χ0v) is 12.9. The maximum Gasteiger partial charge on any atom is 0.178 e. The van der Waals surface area contributed by atoms with E-state index in [1.54, 1.807) is 19.1 Å². The molecule has 0 saturated carbocycles. The first-order valence-corrected chi connectivity index (χ1v) is 7.44. The van der Waals surface area contributed by atoms with Crippen LogP contribution in [0.15, 0.2) is 28.7 Å². The Morgan fingerprint density at radius 3 is 2.12 bits per heavy atom. The molecule has 0 spiro atoms. The van der Waals surface area contributed by atoms with Crippen LogP contribution >= 0.6 is 15.9 Å². The summed E-state index contributed by atoms with van der Waals surface area (Å²) in [5, 5.41) is -0.476. The van der Waals surface area contributed by atoms with Crippen LogP contribution in [0.25, 0.3) is 0 Å². The Hall–Kier alpha value is -0.480. The summed E-state index contributed by atoms with van der Waals surface area (Å²) in [5.74, 6) is -0.0641. The number of benzene rings is 1. The van der Waals surface area contributed by atoms with Gasteiger partial charge in [-0.25, -0.2) is 0 Å². The summed E-state index contributed by atoms with van der Waals surface area (Å²) < 4.78 is 12.7. The lowest BCUT2D eigenvalue weighted by molar-refractivity contribution is 0.0992. The number of Topliss-reactive ketones (excluding diaryl/α,β-unsaturated/α-hetero) is 1. The number of carbonyl (C=O) groups is 1. The molecule has 0 aliphatic heterocycles. The van der Waals surface area contributed by atoms with Gasteiger partial charge in [-0.05, 0) is 39.8 Å². The van der Waals surface area contributed by atoms with E-state index in [0.29, 0.717) is 5.56 Å². The lowest BCUT2D eigenvalue weighted by Gasteiger charge is -2.22. The predicted molar refractivity (Wildman–Crippen MR) is 75.8 cm³/mol. The Labute approximate surface area is 113 Å². The third-order valence-corrected chi connectivity index (χ3v) is 5.01. The van der Waals surface area contributed by atoms with Crippen molar-refractivity contribution in [3.05, 3.63) is 34.3 Å². The molecular weight excluding hydrogens is 300 g/mol. The molecule has 2 nitrogen and oxygen atoms in total. The highest BCUT2D eigenvalue weighted by Gasteiger charge is 2.30. The standard InChI is InChI=1S/C13H17BrO2S/c1-9(17(16)13(2,3)4)12(15)10-5-7-11(14)8-6-10/h5-9H,1-4H3. The van der Waals surface area contributed by atoms with E-state index in [-0.39, 0.29) is 10.5 Å². The van der Waals surface area contributed by atoms with Crippen molar-refractivity contribution >= 4 is 32.5 Å². The highest BCUT2D eigenvalue weighted by molar-refractivity contribution is 9.10. The molecule has 0 amide bonds. The Balaban J connectivity index is 2.91. The van der Waals surface area contributed by atoms with Crippen molar-refractivity contribution in [2.24, 2.45) is 0 Å². The second kappa shape index (κ2) is 5.44. The second-order valence-electron chi connectivity index (χ2n) is 4.92. The molecule has 0 N–H and O–H groups in total. The Bertz CT molecular complexity index is 432. The molecule has 4 heteroatoms. The fourth-order valence-electron chi connectivity index (χ4n) is 1.48. The molecule has 0 aliphatic carbocycles. The summed E-state index contributed by atoms with van der Waals surface area (Å²) in [6.07, 6.45) is 0. The molecule has 0 aromatic heterocycles. The van der Waals surface area contributed by atoms with Crippen LogP contribution in [0, 0.1) is 0 Å². The second-order valence-corrected chi connectivity index (χ2v) is 8.37. The van der Waals surface area contributed by atoms with E-state index in [0.717, 1.165) is 4.47 Å². The van der Waals surface area contributed by atoms with Gasteiger partial charge in [0.15, 0.2) is 5.78 Å². The van der Waals surface area contributed by atoms with Crippen LogP contribution in [0.4, 0.5) is 0 Å². The minimum absolute atomic E-state index is 0.0641. The van der Waals surface area contributed by atoms with Crippen LogP contribution in [0.3, 0.4) is 0 Å². The highest BCUT2D eigenvalue weighted by Crippen LogP contribution is 2.20. The van der Waals surface area contributed by atoms with E-state index in [4.69, 9.17) is 0 Å². The fourth-order valence-corrected chi connectivity index (χ4v) is 3.13. The van der Waals surface area contributed by atoms with E-state index in [1.165, 1.54) is 0 Å². The maximum atomic E-state index is 12.1. The molecule has 0 radical (unpaired) electrons. The topological polar surface area (TPSA) is 34.1 Å². The third-order valence-electron chi connectivity index (χ3n) is 2.42. The van der Waals surface area contributed by atoms with Crippen LogP contribution in [-0.4, -0.2) is 20.0 Å². The van der Waals surface area contributed by atoms with Gasteiger partial charge < -0.3 is 0 Å². The van der Waals surface area contributed by atoms with Gasteiger partial charge in [0.2, 0.25) is 0 Å². The molecule has 1 aromatic rings. The number of carbonyl (C=O) groups excluding carboxylic acids is 1. The molecule has 1 aromatic carbocycles. The molecule has 17 heavy (non-hydrogen) atoms. The summed E-state index contributed by atoms with van der Waals surface area (Å²) in [5.41, 5.74) is 0.610. The van der Waals surface area contributed by atoms with Crippen molar-refractivity contribution in [2.45, 2.75) is 37.7 Å². The van der Waals surface area contributed by atoms with Crippen LogP contribution < -0.4 is 0 Å². The van der Waals surface area contributed by atoms with E-state index in [9.17, 15) is 9.00 Å². The van der Waals surface area contributed by atoms with Gasteiger partial charge in [-0.1, -0.05) is 28.1 Å². The molecule has 0 saturated heterocycles.